The zero-order valence-electron chi connectivity index (χ0n) is 15.8. The Kier molecular flexibility index (Phi) is 9.65. The summed E-state index contributed by atoms with van der Waals surface area (Å²) in [5.74, 6) is -0.114. The van der Waals surface area contributed by atoms with Gasteiger partial charge in [0.1, 0.15) is 5.78 Å². The minimum Gasteiger partial charge on any atom is -0.299 e. The van der Waals surface area contributed by atoms with E-state index >= 15 is 0 Å². The van der Waals surface area contributed by atoms with Gasteiger partial charge in [-0.05, 0) is 62.1 Å². The second kappa shape index (κ2) is 13.1. The number of carbonyl (C=O) groups is 1. The minimum atomic E-state index is -0.405. The summed E-state index contributed by atoms with van der Waals surface area (Å²) >= 11 is 0. The first-order chi connectivity index (χ1) is 10.6. The van der Waals surface area contributed by atoms with E-state index in [-0.39, 0.29) is 42.0 Å². The van der Waals surface area contributed by atoms with Gasteiger partial charge in [0.05, 0.1) is 0 Å². The first-order valence-corrected chi connectivity index (χ1v) is 9.49. The number of Topliss-reactive ketones (excluding diaryl/α,β-unsaturated/α-hetero) is 1. The van der Waals surface area contributed by atoms with E-state index in [1.807, 2.05) is 6.92 Å². The zero-order valence-corrected chi connectivity index (χ0v) is 16.4. The van der Waals surface area contributed by atoms with Crippen molar-refractivity contribution in [3.05, 3.63) is 0 Å². The molecule has 0 spiro atoms. The molecule has 0 aliphatic heterocycles. The maximum absolute atomic E-state index is 12.5. The van der Waals surface area contributed by atoms with Crippen LogP contribution in [0.3, 0.4) is 0 Å². The predicted octanol–water partition coefficient (Wildman–Crippen LogP) is 3.87. The molecule has 10 atom stereocenters. The highest BCUT2D eigenvalue weighted by molar-refractivity contribution is 7.16. The molecule has 1 nitrogen and oxygen atoms in total. The molecule has 5 heteroatoms. The summed E-state index contributed by atoms with van der Waals surface area (Å²) < 4.78 is 31.5. The van der Waals surface area contributed by atoms with Crippen molar-refractivity contribution in [3.63, 3.8) is 0 Å². The number of carbonyl (C=O) groups excluding carboxylic acids is 1. The molecule has 0 aromatic carbocycles. The third-order valence-electron chi connectivity index (χ3n) is 3.56. The van der Waals surface area contributed by atoms with Gasteiger partial charge in [-0.25, -0.2) is 0 Å². The maximum atomic E-state index is 12.5. The molecule has 0 fully saturated rings. The summed E-state index contributed by atoms with van der Waals surface area (Å²) in [7, 11) is 9.86. The van der Waals surface area contributed by atoms with Crippen molar-refractivity contribution in [2.24, 2.45) is 17.8 Å². The maximum Gasteiger partial charge on any atom is 0.136 e. The molecule has 0 aliphatic rings. The lowest BCUT2D eigenvalue weighted by atomic mass is 9.73. The third-order valence-corrected chi connectivity index (χ3v) is 4.65. The molecule has 0 aliphatic carbocycles. The van der Waals surface area contributed by atoms with E-state index in [1.165, 1.54) is 0 Å². The van der Waals surface area contributed by atoms with E-state index in [0.29, 0.717) is 32.1 Å². The Balaban J connectivity index is 5.54. The molecule has 0 aromatic heterocycles. The third kappa shape index (κ3) is 7.82. The monoisotopic (exact) mass is 348 g/mol. The summed E-state index contributed by atoms with van der Waals surface area (Å²) in [5, 5.41) is 0. The SMILES string of the molecule is [3H]C(P)CC(CC([3H])P)C(CC([3H])P)C(CC([3H])P)C(=O)CC. The fraction of sp³-hybridized carbons (Fsp3) is 0.929. The van der Waals surface area contributed by atoms with Crippen molar-refractivity contribution in [2.45, 2.75) is 39.0 Å². The molecule has 0 radical (unpaired) electrons. The smallest absolute Gasteiger partial charge is 0.136 e. The highest BCUT2D eigenvalue weighted by Gasteiger charge is 2.31. The molecule has 0 heterocycles. The van der Waals surface area contributed by atoms with Crippen LogP contribution in [0.25, 0.3) is 0 Å². The molecule has 19 heavy (non-hydrogen) atoms. The van der Waals surface area contributed by atoms with Crippen LogP contribution in [0.15, 0.2) is 0 Å². The average Bonchev–Trinajstić information content (AvgIpc) is 2.39. The Hall–Kier alpha value is 1.39. The fourth-order valence-corrected chi connectivity index (χ4v) is 3.90. The summed E-state index contributed by atoms with van der Waals surface area (Å²) in [4.78, 5) is 12.5. The van der Waals surface area contributed by atoms with Gasteiger partial charge in [0.25, 0.3) is 0 Å². The van der Waals surface area contributed by atoms with Crippen molar-refractivity contribution >= 4 is 42.7 Å². The van der Waals surface area contributed by atoms with Crippen LogP contribution < -0.4 is 0 Å². The summed E-state index contributed by atoms with van der Waals surface area (Å²) in [6.45, 7) is 1.84. The topological polar surface area (TPSA) is 17.1 Å². The van der Waals surface area contributed by atoms with Crippen molar-refractivity contribution in [1.29, 1.82) is 0 Å². The molecule has 0 saturated carbocycles. The lowest BCUT2D eigenvalue weighted by Crippen LogP contribution is -2.31. The van der Waals surface area contributed by atoms with Gasteiger partial charge in [0, 0.05) is 17.8 Å². The summed E-state index contributed by atoms with van der Waals surface area (Å²) in [6, 6.07) is 0. The predicted molar refractivity (Wildman–Crippen MR) is 103 cm³/mol. The molecule has 0 aromatic rings. The van der Waals surface area contributed by atoms with Gasteiger partial charge < -0.3 is 0 Å². The largest absolute Gasteiger partial charge is 0.299 e. The quantitative estimate of drug-likeness (QED) is 0.489. The number of ketones is 1. The second-order valence-corrected chi connectivity index (χ2v) is 6.62. The number of rotatable bonds is 12. The minimum absolute atomic E-state index is 0.0438. The van der Waals surface area contributed by atoms with Crippen LogP contribution in [-0.4, -0.2) is 30.3 Å². The summed E-state index contributed by atoms with van der Waals surface area (Å²) in [6.07, 6.45) is 1.21. The van der Waals surface area contributed by atoms with Crippen LogP contribution in [-0.2, 0) is 4.79 Å². The van der Waals surface area contributed by atoms with E-state index in [2.05, 4.69) is 37.0 Å². The molecule has 0 saturated heterocycles. The Morgan fingerprint density at radius 2 is 1.42 bits per heavy atom. The van der Waals surface area contributed by atoms with Crippen LogP contribution >= 0.6 is 37.0 Å². The molecule has 10 unspecified atom stereocenters. The Morgan fingerprint density at radius 1 is 0.947 bits per heavy atom. The van der Waals surface area contributed by atoms with Gasteiger partial charge in [0.2, 0.25) is 0 Å². The van der Waals surface area contributed by atoms with Crippen LogP contribution in [0.2, 0.25) is 0 Å². The first-order valence-electron chi connectivity index (χ1n) is 9.13. The summed E-state index contributed by atoms with van der Waals surface area (Å²) in [5.41, 5.74) is 0. The number of hydrogen-bond acceptors (Lipinski definition) is 1. The van der Waals surface area contributed by atoms with E-state index in [0.717, 1.165) is 0 Å². The van der Waals surface area contributed by atoms with E-state index in [4.69, 9.17) is 5.48 Å². The Labute approximate surface area is 135 Å². The van der Waals surface area contributed by atoms with Gasteiger partial charge in [-0.2, -0.15) is 0 Å². The molecule has 0 N–H and O–H groups in total. The molecule has 0 amide bonds. The molecule has 114 valence electrons. The van der Waals surface area contributed by atoms with Crippen molar-refractivity contribution in [1.82, 2.24) is 0 Å². The molecular weight excluding hydrogens is 308 g/mol. The van der Waals surface area contributed by atoms with Gasteiger partial charge in [0.15, 0.2) is 0 Å². The number of hydrogen-bond donors (Lipinski definition) is 0. The Bertz CT molecular complexity index is 333. The highest BCUT2D eigenvalue weighted by atomic mass is 31.0. The van der Waals surface area contributed by atoms with Crippen molar-refractivity contribution in [3.8, 4) is 0 Å². The molecular formula is C14H32OP4. The van der Waals surface area contributed by atoms with Gasteiger partial charge >= 0.3 is 0 Å². The van der Waals surface area contributed by atoms with Crippen molar-refractivity contribution < 1.29 is 10.3 Å². The first kappa shape index (κ1) is 14.0. The van der Waals surface area contributed by atoms with Gasteiger partial charge in [-0.3, -0.25) is 4.79 Å². The Morgan fingerprint density at radius 3 is 1.79 bits per heavy atom. The highest BCUT2D eigenvalue weighted by Crippen LogP contribution is 2.35. The fourth-order valence-electron chi connectivity index (χ4n) is 2.59. The molecule has 0 bridgehead atoms. The second-order valence-electron chi connectivity index (χ2n) is 4.74. The van der Waals surface area contributed by atoms with Crippen LogP contribution in [0, 0.1) is 17.8 Å². The lowest BCUT2D eigenvalue weighted by molar-refractivity contribution is -0.125. The van der Waals surface area contributed by atoms with Crippen LogP contribution in [0.5, 0.6) is 0 Å². The van der Waals surface area contributed by atoms with Crippen LogP contribution in [0.4, 0.5) is 0 Å². The average molecular weight is 348 g/mol. The standard InChI is InChI=1S/C14H32OP4/c1-2-14(15)13(6-10-19)12(5-9-18)11(3-7-16)4-8-17/h11-13H,2-10,16-19H2,1H3/i7T,8T,9T,10T. The lowest BCUT2D eigenvalue weighted by Gasteiger charge is -2.33. The van der Waals surface area contributed by atoms with E-state index < -0.39 is 6.14 Å². The zero-order chi connectivity index (χ0) is 18.2. The van der Waals surface area contributed by atoms with Crippen molar-refractivity contribution in [2.75, 3.05) is 24.6 Å². The van der Waals surface area contributed by atoms with Crippen LogP contribution in [0.1, 0.15) is 44.5 Å². The van der Waals surface area contributed by atoms with E-state index in [9.17, 15) is 4.79 Å². The van der Waals surface area contributed by atoms with E-state index in [1.54, 1.807) is 0 Å². The normalized spacial score (nSPS) is 25.7. The van der Waals surface area contributed by atoms with Gasteiger partial charge in [-0.15, -0.1) is 37.0 Å². The molecule has 0 rings (SSSR count). The van der Waals surface area contributed by atoms with Gasteiger partial charge in [-0.1, -0.05) is 6.92 Å².